The third-order valence-electron chi connectivity index (χ3n) is 3.81. The van der Waals surface area contributed by atoms with Crippen LogP contribution in [0.2, 0.25) is 0 Å². The first-order valence-electron chi connectivity index (χ1n) is 8.10. The molecule has 0 aliphatic carbocycles. The summed E-state index contributed by atoms with van der Waals surface area (Å²) in [6, 6.07) is 12.9. The monoisotopic (exact) mass is 367 g/mol. The van der Waals surface area contributed by atoms with E-state index in [-0.39, 0.29) is 11.3 Å². The average molecular weight is 367 g/mol. The Kier molecular flexibility index (Phi) is 5.51. The van der Waals surface area contributed by atoms with Gasteiger partial charge in [-0.1, -0.05) is 12.1 Å². The van der Waals surface area contributed by atoms with E-state index in [1.54, 1.807) is 56.8 Å². The van der Waals surface area contributed by atoms with E-state index in [1.165, 1.54) is 18.3 Å². The molecule has 0 unspecified atom stereocenters. The highest BCUT2D eigenvalue weighted by atomic mass is 19.1. The van der Waals surface area contributed by atoms with Crippen LogP contribution in [0.25, 0.3) is 0 Å². The second-order valence-electron chi connectivity index (χ2n) is 5.59. The molecule has 7 heteroatoms. The number of aromatic nitrogens is 1. The molecule has 0 saturated carbocycles. The molecule has 3 aromatic rings. The van der Waals surface area contributed by atoms with Crippen molar-refractivity contribution in [1.82, 2.24) is 4.98 Å². The van der Waals surface area contributed by atoms with E-state index >= 15 is 0 Å². The molecule has 0 atom stereocenters. The number of nitrogens with zero attached hydrogens (tertiary/aromatic N) is 1. The number of rotatable bonds is 6. The third kappa shape index (κ3) is 4.33. The summed E-state index contributed by atoms with van der Waals surface area (Å²) >= 11 is 0. The van der Waals surface area contributed by atoms with Crippen molar-refractivity contribution in [2.24, 2.45) is 0 Å². The molecule has 0 aliphatic rings. The number of carbonyl (C=O) groups is 1. The first-order chi connectivity index (χ1) is 13.1. The van der Waals surface area contributed by atoms with Crippen LogP contribution >= 0.6 is 0 Å². The summed E-state index contributed by atoms with van der Waals surface area (Å²) in [5, 5.41) is 5.68. The summed E-state index contributed by atoms with van der Waals surface area (Å²) < 4.78 is 24.3. The maximum absolute atomic E-state index is 13.7. The summed E-state index contributed by atoms with van der Waals surface area (Å²) in [6.45, 7) is 0. The van der Waals surface area contributed by atoms with Crippen LogP contribution in [0.1, 0.15) is 10.4 Å². The minimum absolute atomic E-state index is 0.107. The van der Waals surface area contributed by atoms with Gasteiger partial charge in [-0.05, 0) is 30.3 Å². The minimum Gasteiger partial charge on any atom is -0.497 e. The maximum Gasteiger partial charge on any atom is 0.257 e. The average Bonchev–Trinajstić information content (AvgIpc) is 2.70. The van der Waals surface area contributed by atoms with E-state index in [9.17, 15) is 9.18 Å². The SMILES string of the molecule is COc1ccc(OC)c(Nc2cncc(C(=O)Nc3ccccc3F)c2)c1. The van der Waals surface area contributed by atoms with Gasteiger partial charge in [0.2, 0.25) is 0 Å². The van der Waals surface area contributed by atoms with E-state index in [4.69, 9.17) is 9.47 Å². The first kappa shape index (κ1) is 18.2. The highest BCUT2D eigenvalue weighted by molar-refractivity contribution is 6.04. The number of carbonyl (C=O) groups excluding carboxylic acids is 1. The van der Waals surface area contributed by atoms with Gasteiger partial charge in [0.15, 0.2) is 0 Å². The number of pyridine rings is 1. The highest BCUT2D eigenvalue weighted by Gasteiger charge is 2.11. The van der Waals surface area contributed by atoms with Gasteiger partial charge < -0.3 is 20.1 Å². The minimum atomic E-state index is -0.505. The molecule has 0 spiro atoms. The molecule has 2 aromatic carbocycles. The molecular weight excluding hydrogens is 349 g/mol. The molecule has 0 radical (unpaired) electrons. The molecule has 6 nitrogen and oxygen atoms in total. The third-order valence-corrected chi connectivity index (χ3v) is 3.81. The van der Waals surface area contributed by atoms with Crippen molar-refractivity contribution in [1.29, 1.82) is 0 Å². The largest absolute Gasteiger partial charge is 0.497 e. The number of halogens is 1. The number of hydrogen-bond acceptors (Lipinski definition) is 5. The highest BCUT2D eigenvalue weighted by Crippen LogP contribution is 2.31. The zero-order valence-corrected chi connectivity index (χ0v) is 14.8. The maximum atomic E-state index is 13.7. The lowest BCUT2D eigenvalue weighted by Gasteiger charge is -2.13. The number of para-hydroxylation sites is 1. The second kappa shape index (κ2) is 8.18. The predicted octanol–water partition coefficient (Wildman–Crippen LogP) is 4.23. The second-order valence-corrected chi connectivity index (χ2v) is 5.59. The Hall–Kier alpha value is -3.61. The van der Waals surface area contributed by atoms with Gasteiger partial charge in [-0.2, -0.15) is 0 Å². The van der Waals surface area contributed by atoms with E-state index in [0.717, 1.165) is 0 Å². The van der Waals surface area contributed by atoms with Crippen LogP contribution < -0.4 is 20.1 Å². The van der Waals surface area contributed by atoms with Crippen molar-refractivity contribution in [2.75, 3.05) is 24.9 Å². The Morgan fingerprint density at radius 3 is 2.56 bits per heavy atom. The molecule has 3 rings (SSSR count). The first-order valence-corrected chi connectivity index (χ1v) is 8.10. The van der Waals surface area contributed by atoms with Crippen molar-refractivity contribution < 1.29 is 18.7 Å². The lowest BCUT2D eigenvalue weighted by Crippen LogP contribution is -2.13. The molecule has 138 valence electrons. The Morgan fingerprint density at radius 1 is 1.00 bits per heavy atom. The Bertz CT molecular complexity index is 963. The van der Waals surface area contributed by atoms with Crippen LogP contribution in [0.15, 0.2) is 60.9 Å². The van der Waals surface area contributed by atoms with Crippen LogP contribution in [0.3, 0.4) is 0 Å². The van der Waals surface area contributed by atoms with E-state index in [0.29, 0.717) is 22.9 Å². The molecule has 1 amide bonds. The predicted molar refractivity (Wildman–Crippen MR) is 101 cm³/mol. The zero-order valence-electron chi connectivity index (χ0n) is 14.8. The van der Waals surface area contributed by atoms with Gasteiger partial charge in [-0.25, -0.2) is 4.39 Å². The van der Waals surface area contributed by atoms with Gasteiger partial charge in [0.05, 0.1) is 43.0 Å². The number of anilines is 3. The van der Waals surface area contributed by atoms with Crippen LogP contribution in [-0.2, 0) is 0 Å². The Morgan fingerprint density at radius 2 is 1.81 bits per heavy atom. The van der Waals surface area contributed by atoms with Gasteiger partial charge in [-0.3, -0.25) is 9.78 Å². The Balaban J connectivity index is 1.82. The molecule has 2 N–H and O–H groups in total. The van der Waals surface area contributed by atoms with Gasteiger partial charge in [-0.15, -0.1) is 0 Å². The van der Waals surface area contributed by atoms with Crippen molar-refractivity contribution in [2.45, 2.75) is 0 Å². The number of ether oxygens (including phenoxy) is 2. The van der Waals surface area contributed by atoms with E-state index < -0.39 is 11.7 Å². The summed E-state index contributed by atoms with van der Waals surface area (Å²) in [7, 11) is 3.13. The fraction of sp³-hybridized carbons (Fsp3) is 0.100. The molecule has 1 heterocycles. The number of methoxy groups -OCH3 is 2. The standard InChI is InChI=1S/C20H18FN3O3/c1-26-15-7-8-19(27-2)18(10-15)23-14-9-13(11-22-12-14)20(25)24-17-6-4-3-5-16(17)21/h3-12,23H,1-2H3,(H,24,25). The van der Waals surface area contributed by atoms with Gasteiger partial charge in [0.25, 0.3) is 5.91 Å². The van der Waals surface area contributed by atoms with Crippen molar-refractivity contribution in [3.8, 4) is 11.5 Å². The smallest absolute Gasteiger partial charge is 0.257 e. The summed E-state index contributed by atoms with van der Waals surface area (Å²) in [5.74, 6) is 0.291. The fourth-order valence-corrected chi connectivity index (χ4v) is 2.46. The molecule has 27 heavy (non-hydrogen) atoms. The molecule has 0 aliphatic heterocycles. The van der Waals surface area contributed by atoms with Gasteiger partial charge in [0.1, 0.15) is 17.3 Å². The topological polar surface area (TPSA) is 72.5 Å². The van der Waals surface area contributed by atoms with Crippen LogP contribution in [-0.4, -0.2) is 25.1 Å². The van der Waals surface area contributed by atoms with Crippen molar-refractivity contribution >= 4 is 23.0 Å². The van der Waals surface area contributed by atoms with E-state index in [1.807, 2.05) is 0 Å². The van der Waals surface area contributed by atoms with Gasteiger partial charge in [0, 0.05) is 12.3 Å². The zero-order chi connectivity index (χ0) is 19.2. The Labute approximate surface area is 156 Å². The summed E-state index contributed by atoms with van der Waals surface area (Å²) in [5.41, 5.74) is 1.62. The molecule has 0 bridgehead atoms. The van der Waals surface area contributed by atoms with Crippen LogP contribution in [0.5, 0.6) is 11.5 Å². The molecular formula is C20H18FN3O3. The fourth-order valence-electron chi connectivity index (χ4n) is 2.46. The lowest BCUT2D eigenvalue weighted by molar-refractivity contribution is 0.102. The number of amides is 1. The normalized spacial score (nSPS) is 10.2. The number of hydrogen-bond donors (Lipinski definition) is 2. The number of nitrogens with one attached hydrogen (secondary N) is 2. The van der Waals surface area contributed by atoms with Crippen molar-refractivity contribution in [3.05, 3.63) is 72.3 Å². The van der Waals surface area contributed by atoms with Crippen molar-refractivity contribution in [3.63, 3.8) is 0 Å². The summed E-state index contributed by atoms with van der Waals surface area (Å²) in [6.07, 6.45) is 2.98. The molecule has 0 saturated heterocycles. The van der Waals surface area contributed by atoms with Crippen LogP contribution in [0.4, 0.5) is 21.5 Å². The van der Waals surface area contributed by atoms with Crippen LogP contribution in [0, 0.1) is 5.82 Å². The molecule has 0 fully saturated rings. The quantitative estimate of drug-likeness (QED) is 0.682. The molecule has 1 aromatic heterocycles. The summed E-state index contributed by atoms with van der Waals surface area (Å²) in [4.78, 5) is 16.5. The lowest BCUT2D eigenvalue weighted by atomic mass is 10.2. The van der Waals surface area contributed by atoms with Gasteiger partial charge >= 0.3 is 0 Å². The van der Waals surface area contributed by atoms with E-state index in [2.05, 4.69) is 15.6 Å². The number of benzene rings is 2.